The number of benzene rings is 1. The van der Waals surface area contributed by atoms with Crippen molar-refractivity contribution >= 4 is 28.6 Å². The molecule has 0 bridgehead atoms. The van der Waals surface area contributed by atoms with Gasteiger partial charge in [-0.2, -0.15) is 0 Å². The van der Waals surface area contributed by atoms with E-state index >= 15 is 0 Å². The number of amides is 3. The van der Waals surface area contributed by atoms with Crippen molar-refractivity contribution < 1.29 is 14.4 Å². The van der Waals surface area contributed by atoms with Crippen molar-refractivity contribution in [1.29, 1.82) is 0 Å². The van der Waals surface area contributed by atoms with E-state index in [-0.39, 0.29) is 12.1 Å². The van der Waals surface area contributed by atoms with E-state index in [1.807, 2.05) is 12.1 Å². The highest BCUT2D eigenvalue weighted by atomic mass is 16.2. The Bertz CT molecular complexity index is 714. The Balaban J connectivity index is 2.20. The number of nitrogens with zero attached hydrogens (tertiary/aromatic N) is 1. The molecule has 1 aromatic carbocycles. The lowest BCUT2D eigenvalue weighted by molar-refractivity contribution is -0.124. The lowest BCUT2D eigenvalue weighted by atomic mass is 10.1. The maximum atomic E-state index is 12.1. The summed E-state index contributed by atoms with van der Waals surface area (Å²) in [5.41, 5.74) is 10.9. The van der Waals surface area contributed by atoms with Gasteiger partial charge in [0.05, 0.1) is 11.9 Å². The first-order chi connectivity index (χ1) is 9.97. The molecule has 0 aliphatic rings. The van der Waals surface area contributed by atoms with Gasteiger partial charge in [0.1, 0.15) is 11.7 Å². The third kappa shape index (κ3) is 3.53. The summed E-state index contributed by atoms with van der Waals surface area (Å²) in [4.78, 5) is 38.3. The molecule has 1 atom stereocenters. The molecule has 5 N–H and O–H groups in total. The van der Waals surface area contributed by atoms with Gasteiger partial charge in [0.15, 0.2) is 0 Å². The third-order valence-electron chi connectivity index (χ3n) is 2.89. The van der Waals surface area contributed by atoms with Crippen LogP contribution in [0.3, 0.4) is 0 Å². The molecule has 0 fully saturated rings. The van der Waals surface area contributed by atoms with Crippen LogP contribution in [0.1, 0.15) is 16.9 Å². The minimum atomic E-state index is -1.15. The summed E-state index contributed by atoms with van der Waals surface area (Å²) in [6.45, 7) is 0. The van der Waals surface area contributed by atoms with Gasteiger partial charge in [0.25, 0.3) is 5.91 Å². The minimum absolute atomic E-state index is 0.129. The Morgan fingerprint density at radius 3 is 2.48 bits per heavy atom. The molecule has 3 amide bonds. The molecule has 21 heavy (non-hydrogen) atoms. The molecule has 0 radical (unpaired) electrons. The van der Waals surface area contributed by atoms with Crippen LogP contribution in [0.2, 0.25) is 0 Å². The zero-order chi connectivity index (χ0) is 15.4. The van der Waals surface area contributed by atoms with Crippen LogP contribution in [-0.2, 0) is 9.59 Å². The van der Waals surface area contributed by atoms with Crippen LogP contribution in [0.25, 0.3) is 10.9 Å². The SMILES string of the molecule is NC(=O)C[C@H](NC(=O)c1ccc2ccccc2n1)C(N)=O. The van der Waals surface area contributed by atoms with Crippen LogP contribution in [0.5, 0.6) is 0 Å². The van der Waals surface area contributed by atoms with Crippen molar-refractivity contribution in [3.8, 4) is 0 Å². The molecule has 0 unspecified atom stereocenters. The Morgan fingerprint density at radius 2 is 1.81 bits per heavy atom. The number of para-hydroxylation sites is 1. The van der Waals surface area contributed by atoms with E-state index in [9.17, 15) is 14.4 Å². The van der Waals surface area contributed by atoms with Crippen LogP contribution in [0, 0.1) is 0 Å². The number of nitrogens with two attached hydrogens (primary N) is 2. The van der Waals surface area contributed by atoms with E-state index in [1.54, 1.807) is 18.2 Å². The highest BCUT2D eigenvalue weighted by molar-refractivity contribution is 5.98. The fourth-order valence-corrected chi connectivity index (χ4v) is 1.85. The molecule has 2 aromatic rings. The second-order valence-corrected chi connectivity index (χ2v) is 4.49. The normalized spacial score (nSPS) is 11.8. The predicted molar refractivity (Wildman–Crippen MR) is 76.0 cm³/mol. The number of rotatable bonds is 5. The molecule has 1 aromatic heterocycles. The molecule has 7 nitrogen and oxygen atoms in total. The van der Waals surface area contributed by atoms with Crippen molar-refractivity contribution in [3.05, 3.63) is 42.1 Å². The maximum Gasteiger partial charge on any atom is 0.270 e. The highest BCUT2D eigenvalue weighted by Gasteiger charge is 2.21. The van der Waals surface area contributed by atoms with Gasteiger partial charge in [0.2, 0.25) is 11.8 Å². The van der Waals surface area contributed by atoms with Gasteiger partial charge in [-0.25, -0.2) is 4.98 Å². The number of carbonyl (C=O) groups is 3. The van der Waals surface area contributed by atoms with E-state index in [0.717, 1.165) is 5.39 Å². The summed E-state index contributed by atoms with van der Waals surface area (Å²) < 4.78 is 0. The van der Waals surface area contributed by atoms with Crippen LogP contribution in [0.4, 0.5) is 0 Å². The number of nitrogens with one attached hydrogen (secondary N) is 1. The number of carbonyl (C=O) groups excluding carboxylic acids is 3. The van der Waals surface area contributed by atoms with Gasteiger partial charge in [-0.15, -0.1) is 0 Å². The lowest BCUT2D eigenvalue weighted by Crippen LogP contribution is -2.46. The Labute approximate surface area is 120 Å². The Kier molecular flexibility index (Phi) is 4.13. The van der Waals surface area contributed by atoms with E-state index < -0.39 is 23.8 Å². The zero-order valence-corrected chi connectivity index (χ0v) is 11.1. The molecule has 0 saturated heterocycles. The summed E-state index contributed by atoms with van der Waals surface area (Å²) in [6, 6.07) is 9.41. The average Bonchev–Trinajstić information content (AvgIpc) is 2.45. The predicted octanol–water partition coefficient (Wildman–Crippen LogP) is -0.306. The molecule has 1 heterocycles. The smallest absolute Gasteiger partial charge is 0.270 e. The molecular formula is C14H14N4O3. The van der Waals surface area contributed by atoms with Gasteiger partial charge < -0.3 is 16.8 Å². The summed E-state index contributed by atoms with van der Waals surface area (Å²) in [5.74, 6) is -2.15. The van der Waals surface area contributed by atoms with Crippen molar-refractivity contribution in [2.45, 2.75) is 12.5 Å². The summed E-state index contributed by atoms with van der Waals surface area (Å²) in [5, 5.41) is 3.24. The van der Waals surface area contributed by atoms with Crippen molar-refractivity contribution in [3.63, 3.8) is 0 Å². The molecule has 0 aliphatic heterocycles. The first kappa shape index (κ1) is 14.4. The second kappa shape index (κ2) is 6.00. The Hall–Kier alpha value is -2.96. The fraction of sp³-hybridized carbons (Fsp3) is 0.143. The standard InChI is InChI=1S/C14H14N4O3/c15-12(19)7-11(13(16)20)18-14(21)10-6-5-8-3-1-2-4-9(8)17-10/h1-6,11H,7H2,(H2,15,19)(H2,16,20)(H,18,21)/t11-/m0/s1. The van der Waals surface area contributed by atoms with Gasteiger partial charge in [-0.1, -0.05) is 24.3 Å². The van der Waals surface area contributed by atoms with Crippen LogP contribution < -0.4 is 16.8 Å². The molecule has 0 spiro atoms. The van der Waals surface area contributed by atoms with Gasteiger partial charge in [-0.05, 0) is 12.1 Å². The highest BCUT2D eigenvalue weighted by Crippen LogP contribution is 2.11. The first-order valence-electron chi connectivity index (χ1n) is 6.21. The molecule has 2 rings (SSSR count). The number of pyridine rings is 1. The fourth-order valence-electron chi connectivity index (χ4n) is 1.85. The first-order valence-corrected chi connectivity index (χ1v) is 6.21. The molecule has 0 aliphatic carbocycles. The van der Waals surface area contributed by atoms with E-state index in [4.69, 9.17) is 11.5 Å². The number of aromatic nitrogens is 1. The van der Waals surface area contributed by atoms with Gasteiger partial charge in [0, 0.05) is 5.39 Å². The van der Waals surface area contributed by atoms with Crippen molar-refractivity contribution in [2.24, 2.45) is 11.5 Å². The summed E-state index contributed by atoms with van der Waals surface area (Å²) in [6.07, 6.45) is -0.353. The largest absolute Gasteiger partial charge is 0.370 e. The number of primary amides is 2. The zero-order valence-electron chi connectivity index (χ0n) is 11.1. The number of hydrogen-bond acceptors (Lipinski definition) is 4. The number of fused-ring (bicyclic) bond motifs is 1. The summed E-state index contributed by atoms with van der Waals surface area (Å²) in [7, 11) is 0. The third-order valence-corrected chi connectivity index (χ3v) is 2.89. The summed E-state index contributed by atoms with van der Waals surface area (Å²) >= 11 is 0. The van der Waals surface area contributed by atoms with Crippen LogP contribution in [-0.4, -0.2) is 28.7 Å². The topological polar surface area (TPSA) is 128 Å². The second-order valence-electron chi connectivity index (χ2n) is 4.49. The van der Waals surface area contributed by atoms with Crippen LogP contribution >= 0.6 is 0 Å². The lowest BCUT2D eigenvalue weighted by Gasteiger charge is -2.13. The van der Waals surface area contributed by atoms with Gasteiger partial charge >= 0.3 is 0 Å². The van der Waals surface area contributed by atoms with E-state index in [2.05, 4.69) is 10.3 Å². The molecule has 108 valence electrons. The molecular weight excluding hydrogens is 272 g/mol. The van der Waals surface area contributed by atoms with Crippen molar-refractivity contribution in [1.82, 2.24) is 10.3 Å². The van der Waals surface area contributed by atoms with Crippen molar-refractivity contribution in [2.75, 3.05) is 0 Å². The van der Waals surface area contributed by atoms with Gasteiger partial charge in [-0.3, -0.25) is 14.4 Å². The van der Waals surface area contributed by atoms with E-state index in [0.29, 0.717) is 5.52 Å². The molecule has 7 heteroatoms. The quantitative estimate of drug-likeness (QED) is 0.696. The number of hydrogen-bond donors (Lipinski definition) is 3. The maximum absolute atomic E-state index is 12.1. The monoisotopic (exact) mass is 286 g/mol. The molecule has 0 saturated carbocycles. The minimum Gasteiger partial charge on any atom is -0.370 e. The van der Waals surface area contributed by atoms with Crippen LogP contribution in [0.15, 0.2) is 36.4 Å². The Morgan fingerprint density at radius 1 is 1.10 bits per heavy atom. The average molecular weight is 286 g/mol. The van der Waals surface area contributed by atoms with E-state index in [1.165, 1.54) is 6.07 Å².